The molecular formula is C20H26N2O5S. The minimum absolute atomic E-state index is 0.0751. The molecule has 2 aliphatic carbocycles. The van der Waals surface area contributed by atoms with Crippen LogP contribution in [-0.2, 0) is 24.3 Å². The van der Waals surface area contributed by atoms with Crippen molar-refractivity contribution in [1.29, 1.82) is 0 Å². The van der Waals surface area contributed by atoms with Crippen LogP contribution in [0, 0.1) is 6.92 Å². The molecule has 1 saturated carbocycles. The van der Waals surface area contributed by atoms with E-state index in [0.717, 1.165) is 49.8 Å². The Balaban J connectivity index is 1.50. The fraction of sp³-hybridized carbons (Fsp3) is 0.500. The molecule has 1 aromatic rings. The van der Waals surface area contributed by atoms with Gasteiger partial charge in [-0.15, -0.1) is 0 Å². The quantitative estimate of drug-likeness (QED) is 0.669. The number of carbonyl (C=O) groups is 2. The highest BCUT2D eigenvalue weighted by Crippen LogP contribution is 2.33. The van der Waals surface area contributed by atoms with Gasteiger partial charge in [-0.25, -0.2) is 8.42 Å². The van der Waals surface area contributed by atoms with E-state index in [4.69, 9.17) is 4.74 Å². The van der Waals surface area contributed by atoms with E-state index in [1.807, 2.05) is 6.92 Å². The molecule has 0 spiro atoms. The average molecular weight is 407 g/mol. The van der Waals surface area contributed by atoms with Gasteiger partial charge in [0.1, 0.15) is 6.54 Å². The molecule has 152 valence electrons. The number of aryl methyl sites for hydroxylation is 1. The summed E-state index contributed by atoms with van der Waals surface area (Å²) in [7, 11) is -3.80. The van der Waals surface area contributed by atoms with Gasteiger partial charge < -0.3 is 9.64 Å². The topological polar surface area (TPSA) is 92.8 Å². The van der Waals surface area contributed by atoms with Crippen LogP contribution in [0.5, 0.6) is 0 Å². The van der Waals surface area contributed by atoms with Gasteiger partial charge in [0.15, 0.2) is 6.61 Å². The molecule has 0 radical (unpaired) electrons. The van der Waals surface area contributed by atoms with Crippen molar-refractivity contribution in [3.8, 4) is 0 Å². The summed E-state index contributed by atoms with van der Waals surface area (Å²) < 4.78 is 31.6. The predicted molar refractivity (Wildman–Crippen MR) is 104 cm³/mol. The largest absolute Gasteiger partial charge is 0.455 e. The molecule has 0 bridgehead atoms. The number of amides is 1. The lowest BCUT2D eigenvalue weighted by Gasteiger charge is -2.27. The lowest BCUT2D eigenvalue weighted by atomic mass is 10.0. The van der Waals surface area contributed by atoms with E-state index in [1.54, 1.807) is 17.0 Å². The molecule has 0 unspecified atom stereocenters. The van der Waals surface area contributed by atoms with Crippen LogP contribution >= 0.6 is 0 Å². The SMILES string of the molecule is Cc1ccc(S(=O)(=O)NCC(=O)OCC(=O)N(C2=CCCCC2)C2CC2)cc1. The highest BCUT2D eigenvalue weighted by atomic mass is 32.2. The lowest BCUT2D eigenvalue weighted by molar-refractivity contribution is -0.150. The van der Waals surface area contributed by atoms with Gasteiger partial charge in [-0.3, -0.25) is 9.59 Å². The monoisotopic (exact) mass is 406 g/mol. The number of carbonyl (C=O) groups excluding carboxylic acids is 2. The van der Waals surface area contributed by atoms with Gasteiger partial charge >= 0.3 is 5.97 Å². The molecule has 8 heteroatoms. The van der Waals surface area contributed by atoms with Gasteiger partial charge in [0, 0.05) is 11.7 Å². The van der Waals surface area contributed by atoms with Crippen molar-refractivity contribution < 1.29 is 22.7 Å². The normalized spacial score (nSPS) is 17.0. The molecule has 0 aliphatic heterocycles. The first-order valence-corrected chi connectivity index (χ1v) is 11.1. The Kier molecular flexibility index (Phi) is 6.51. The number of hydrogen-bond acceptors (Lipinski definition) is 5. The molecule has 0 saturated heterocycles. The van der Waals surface area contributed by atoms with E-state index in [-0.39, 0.29) is 23.5 Å². The fourth-order valence-corrected chi connectivity index (χ4v) is 4.16. The van der Waals surface area contributed by atoms with Crippen LogP contribution in [-0.4, -0.2) is 44.4 Å². The molecule has 0 atom stereocenters. The molecule has 0 aromatic heterocycles. The van der Waals surface area contributed by atoms with Crippen LogP contribution in [0.25, 0.3) is 0 Å². The fourth-order valence-electron chi connectivity index (χ4n) is 3.19. The summed E-state index contributed by atoms with van der Waals surface area (Å²) in [5.74, 6) is -1.03. The molecule has 0 heterocycles. The van der Waals surface area contributed by atoms with Gasteiger partial charge in [-0.05, 0) is 57.6 Å². The van der Waals surface area contributed by atoms with Crippen LogP contribution in [0.3, 0.4) is 0 Å². The molecule has 28 heavy (non-hydrogen) atoms. The molecule has 1 aromatic carbocycles. The van der Waals surface area contributed by atoms with Crippen molar-refractivity contribution in [2.75, 3.05) is 13.2 Å². The van der Waals surface area contributed by atoms with Crippen molar-refractivity contribution in [2.45, 2.75) is 56.4 Å². The molecular weight excluding hydrogens is 380 g/mol. The van der Waals surface area contributed by atoms with Crippen molar-refractivity contribution in [3.63, 3.8) is 0 Å². The zero-order valence-corrected chi connectivity index (χ0v) is 16.8. The molecule has 7 nitrogen and oxygen atoms in total. The third-order valence-electron chi connectivity index (χ3n) is 4.85. The number of esters is 1. The maximum absolute atomic E-state index is 12.6. The van der Waals surface area contributed by atoms with Crippen LogP contribution in [0.4, 0.5) is 0 Å². The Morgan fingerprint density at radius 2 is 1.89 bits per heavy atom. The number of nitrogens with one attached hydrogen (secondary N) is 1. The average Bonchev–Trinajstić information content (AvgIpc) is 3.51. The van der Waals surface area contributed by atoms with Gasteiger partial charge in [0.2, 0.25) is 10.0 Å². The number of allylic oxidation sites excluding steroid dienone is 2. The van der Waals surface area contributed by atoms with Gasteiger partial charge in [0.25, 0.3) is 5.91 Å². The maximum atomic E-state index is 12.6. The summed E-state index contributed by atoms with van der Waals surface area (Å²) in [5, 5.41) is 0. The Labute approximate surface area is 165 Å². The first-order valence-electron chi connectivity index (χ1n) is 9.60. The lowest BCUT2D eigenvalue weighted by Crippen LogP contribution is -2.38. The standard InChI is InChI=1S/C20H26N2O5S/c1-15-7-11-18(12-8-15)28(25,26)21-13-20(24)27-14-19(23)22(17-9-10-17)16-5-3-2-4-6-16/h5,7-8,11-12,17,21H,2-4,6,9-10,13-14H2,1H3. The number of sulfonamides is 1. The number of ether oxygens (including phenoxy) is 1. The molecule has 1 amide bonds. The van der Waals surface area contributed by atoms with E-state index in [9.17, 15) is 18.0 Å². The Morgan fingerprint density at radius 3 is 2.50 bits per heavy atom. The highest BCUT2D eigenvalue weighted by Gasteiger charge is 2.35. The second-order valence-corrected chi connectivity index (χ2v) is 9.00. The van der Waals surface area contributed by atoms with Gasteiger partial charge in [-0.2, -0.15) is 4.72 Å². The summed E-state index contributed by atoms with van der Waals surface area (Å²) in [6, 6.07) is 6.50. The van der Waals surface area contributed by atoms with Crippen molar-refractivity contribution in [3.05, 3.63) is 41.6 Å². The minimum Gasteiger partial charge on any atom is -0.455 e. The number of benzene rings is 1. The second kappa shape index (κ2) is 8.87. The van der Waals surface area contributed by atoms with E-state index < -0.39 is 22.5 Å². The molecule has 2 aliphatic rings. The van der Waals surface area contributed by atoms with E-state index in [1.165, 1.54) is 12.1 Å². The third kappa shape index (κ3) is 5.42. The Morgan fingerprint density at radius 1 is 1.18 bits per heavy atom. The molecule has 3 rings (SSSR count). The van der Waals surface area contributed by atoms with Crippen molar-refractivity contribution >= 4 is 21.9 Å². The van der Waals surface area contributed by atoms with Gasteiger partial charge in [-0.1, -0.05) is 23.8 Å². The number of rotatable bonds is 8. The van der Waals surface area contributed by atoms with Crippen molar-refractivity contribution in [2.24, 2.45) is 0 Å². The summed E-state index contributed by atoms with van der Waals surface area (Å²) in [6.45, 7) is 0.959. The first kappa shape index (κ1) is 20.5. The summed E-state index contributed by atoms with van der Waals surface area (Å²) in [5.41, 5.74) is 1.96. The first-order chi connectivity index (χ1) is 13.4. The van der Waals surface area contributed by atoms with E-state index >= 15 is 0 Å². The van der Waals surface area contributed by atoms with E-state index in [2.05, 4.69) is 10.8 Å². The van der Waals surface area contributed by atoms with Gasteiger partial charge in [0.05, 0.1) is 4.90 Å². The maximum Gasteiger partial charge on any atom is 0.321 e. The van der Waals surface area contributed by atoms with E-state index in [0.29, 0.717) is 0 Å². The summed E-state index contributed by atoms with van der Waals surface area (Å²) in [4.78, 5) is 26.3. The predicted octanol–water partition coefficient (Wildman–Crippen LogP) is 2.27. The van der Waals surface area contributed by atoms with Crippen LogP contribution in [0.15, 0.2) is 40.9 Å². The minimum atomic E-state index is -3.80. The smallest absolute Gasteiger partial charge is 0.321 e. The second-order valence-electron chi connectivity index (χ2n) is 7.23. The highest BCUT2D eigenvalue weighted by molar-refractivity contribution is 7.89. The molecule has 1 N–H and O–H groups in total. The summed E-state index contributed by atoms with van der Waals surface area (Å²) >= 11 is 0. The van der Waals surface area contributed by atoms with Crippen molar-refractivity contribution in [1.82, 2.24) is 9.62 Å². The summed E-state index contributed by atoms with van der Waals surface area (Å²) in [6.07, 6.45) is 8.05. The molecule has 1 fully saturated rings. The number of nitrogens with zero attached hydrogens (tertiary/aromatic N) is 1. The zero-order chi connectivity index (χ0) is 20.1. The zero-order valence-electron chi connectivity index (χ0n) is 16.0. The van der Waals surface area contributed by atoms with Crippen LogP contribution < -0.4 is 4.72 Å². The number of hydrogen-bond donors (Lipinski definition) is 1. The Bertz CT molecular complexity index is 857. The van der Waals surface area contributed by atoms with Crippen LogP contribution in [0.2, 0.25) is 0 Å². The van der Waals surface area contributed by atoms with Crippen LogP contribution in [0.1, 0.15) is 44.1 Å². The third-order valence-corrected chi connectivity index (χ3v) is 6.27. The Hall–Kier alpha value is -2.19.